The number of phenols is 1. The zero-order chi connectivity index (χ0) is 19.2. The Bertz CT molecular complexity index is 842. The average molecular weight is 375 g/mol. The van der Waals surface area contributed by atoms with Gasteiger partial charge in [0.1, 0.15) is 0 Å². The standard InChI is InChI=1S/C20H25NO6/c1-21-8-7-18-9-12(22)17(25-3)20(26-4)19(18,21)10-14(27-20)11-5-6-13(24-2)16(23)15(11)18/h5-6,14,17,23H,7-10H2,1-4H3/t14-,17+,18-,19-,20-/m0/s1. The van der Waals surface area contributed by atoms with E-state index in [-0.39, 0.29) is 24.1 Å². The molecule has 1 aromatic carbocycles. The number of ether oxygens (including phenoxy) is 4. The first-order chi connectivity index (χ1) is 12.9. The van der Waals surface area contributed by atoms with Gasteiger partial charge in [0.25, 0.3) is 0 Å². The van der Waals surface area contributed by atoms with Gasteiger partial charge in [0.15, 0.2) is 23.4 Å². The van der Waals surface area contributed by atoms with Gasteiger partial charge in [-0.2, -0.15) is 0 Å². The molecule has 4 aliphatic rings. The summed E-state index contributed by atoms with van der Waals surface area (Å²) in [6, 6.07) is 3.71. The van der Waals surface area contributed by atoms with Crippen molar-refractivity contribution in [2.75, 3.05) is 34.9 Å². The van der Waals surface area contributed by atoms with Gasteiger partial charge in [-0.15, -0.1) is 0 Å². The Morgan fingerprint density at radius 3 is 2.74 bits per heavy atom. The lowest BCUT2D eigenvalue weighted by atomic mass is 9.50. The van der Waals surface area contributed by atoms with Gasteiger partial charge >= 0.3 is 0 Å². The fourth-order valence-electron chi connectivity index (χ4n) is 6.68. The van der Waals surface area contributed by atoms with Gasteiger partial charge in [-0.25, -0.2) is 0 Å². The summed E-state index contributed by atoms with van der Waals surface area (Å²) in [6.45, 7) is 0.779. The number of rotatable bonds is 3. The number of nitrogens with zero attached hydrogens (tertiary/aromatic N) is 1. The van der Waals surface area contributed by atoms with Gasteiger partial charge in [0, 0.05) is 38.0 Å². The van der Waals surface area contributed by atoms with Gasteiger partial charge in [0.2, 0.25) is 5.79 Å². The second-order valence-electron chi connectivity index (χ2n) is 8.14. The SMILES string of the molecule is COc1ccc2c(c1O)[C@@]13CCN(C)[C@@]14C[C@@H]2O[C@@]4(OC)[C@H](OC)C(=O)C3. The molecule has 146 valence electrons. The maximum Gasteiger partial charge on any atom is 0.222 e. The summed E-state index contributed by atoms with van der Waals surface area (Å²) < 4.78 is 23.6. The molecule has 2 saturated heterocycles. The van der Waals surface area contributed by atoms with E-state index in [1.807, 2.05) is 13.1 Å². The summed E-state index contributed by atoms with van der Waals surface area (Å²) >= 11 is 0. The van der Waals surface area contributed by atoms with E-state index in [2.05, 4.69) is 4.90 Å². The highest BCUT2D eigenvalue weighted by Crippen LogP contribution is 2.72. The Hall–Kier alpha value is -1.67. The number of aromatic hydroxyl groups is 1. The lowest BCUT2D eigenvalue weighted by molar-refractivity contribution is -0.309. The van der Waals surface area contributed by atoms with Crippen molar-refractivity contribution in [3.8, 4) is 11.5 Å². The number of fused-ring (bicyclic) bond motifs is 3. The molecule has 27 heavy (non-hydrogen) atoms. The topological polar surface area (TPSA) is 77.5 Å². The molecular formula is C20H25NO6. The van der Waals surface area contributed by atoms with E-state index in [0.29, 0.717) is 12.2 Å². The highest BCUT2D eigenvalue weighted by molar-refractivity contribution is 5.89. The number of carbonyl (C=O) groups is 1. The number of likely N-dealkylation sites (tertiary alicyclic amines) is 1. The van der Waals surface area contributed by atoms with Crippen molar-refractivity contribution in [3.05, 3.63) is 23.3 Å². The van der Waals surface area contributed by atoms with Crippen LogP contribution in [0.3, 0.4) is 0 Å². The van der Waals surface area contributed by atoms with Crippen LogP contribution in [0.15, 0.2) is 12.1 Å². The predicted octanol–water partition coefficient (Wildman–Crippen LogP) is 1.52. The van der Waals surface area contributed by atoms with Crippen molar-refractivity contribution in [3.63, 3.8) is 0 Å². The largest absolute Gasteiger partial charge is 0.504 e. The Labute approximate surface area is 158 Å². The number of likely N-dealkylation sites (N-methyl/N-ethyl adjacent to an activating group) is 1. The van der Waals surface area contributed by atoms with Crippen LogP contribution in [-0.2, 0) is 24.4 Å². The molecular weight excluding hydrogens is 350 g/mol. The molecule has 0 radical (unpaired) electrons. The van der Waals surface area contributed by atoms with E-state index in [1.54, 1.807) is 13.2 Å². The molecule has 3 fully saturated rings. The van der Waals surface area contributed by atoms with Gasteiger partial charge in [-0.05, 0) is 31.6 Å². The summed E-state index contributed by atoms with van der Waals surface area (Å²) in [4.78, 5) is 15.5. The van der Waals surface area contributed by atoms with Gasteiger partial charge in [-0.3, -0.25) is 9.69 Å². The molecule has 2 aliphatic heterocycles. The molecule has 7 heteroatoms. The second-order valence-corrected chi connectivity index (χ2v) is 8.14. The molecule has 2 aliphatic carbocycles. The highest BCUT2D eigenvalue weighted by atomic mass is 16.7. The van der Waals surface area contributed by atoms with Crippen molar-refractivity contribution in [1.29, 1.82) is 0 Å². The minimum Gasteiger partial charge on any atom is -0.504 e. The summed E-state index contributed by atoms with van der Waals surface area (Å²) in [5, 5.41) is 11.1. The third-order valence-electron chi connectivity index (χ3n) is 7.56. The van der Waals surface area contributed by atoms with Crippen molar-refractivity contribution in [2.24, 2.45) is 0 Å². The monoisotopic (exact) mass is 375 g/mol. The van der Waals surface area contributed by atoms with Crippen molar-refractivity contribution < 1.29 is 28.8 Å². The summed E-state index contributed by atoms with van der Waals surface area (Å²) in [5.41, 5.74) is 0.502. The Balaban J connectivity index is 1.88. The van der Waals surface area contributed by atoms with Crippen LogP contribution in [0.2, 0.25) is 0 Å². The van der Waals surface area contributed by atoms with Crippen LogP contribution in [0.1, 0.15) is 36.5 Å². The molecule has 7 nitrogen and oxygen atoms in total. The number of benzene rings is 1. The van der Waals surface area contributed by atoms with E-state index in [9.17, 15) is 9.90 Å². The van der Waals surface area contributed by atoms with Crippen molar-refractivity contribution in [2.45, 2.75) is 48.2 Å². The summed E-state index contributed by atoms with van der Waals surface area (Å²) in [6.07, 6.45) is 0.628. The summed E-state index contributed by atoms with van der Waals surface area (Å²) in [5.74, 6) is -0.746. The van der Waals surface area contributed by atoms with E-state index >= 15 is 0 Å². The fourth-order valence-corrected chi connectivity index (χ4v) is 6.68. The smallest absolute Gasteiger partial charge is 0.222 e. The Morgan fingerprint density at radius 2 is 2.07 bits per heavy atom. The molecule has 1 aromatic rings. The zero-order valence-corrected chi connectivity index (χ0v) is 16.1. The molecule has 0 amide bonds. The first-order valence-corrected chi connectivity index (χ1v) is 9.32. The Kier molecular flexibility index (Phi) is 3.37. The molecule has 0 unspecified atom stereocenters. The molecule has 5 rings (SSSR count). The van der Waals surface area contributed by atoms with E-state index in [4.69, 9.17) is 18.9 Å². The Morgan fingerprint density at radius 1 is 1.30 bits per heavy atom. The van der Waals surface area contributed by atoms with Crippen molar-refractivity contribution in [1.82, 2.24) is 4.90 Å². The first-order valence-electron chi connectivity index (χ1n) is 9.32. The normalized spacial score (nSPS) is 42.1. The van der Waals surface area contributed by atoms with Crippen molar-refractivity contribution >= 4 is 5.78 Å². The predicted molar refractivity (Wildman–Crippen MR) is 94.9 cm³/mol. The third-order valence-corrected chi connectivity index (χ3v) is 7.56. The number of ketones is 1. The van der Waals surface area contributed by atoms with Crippen LogP contribution in [0.5, 0.6) is 11.5 Å². The minimum atomic E-state index is -1.22. The summed E-state index contributed by atoms with van der Waals surface area (Å²) in [7, 11) is 6.70. The highest BCUT2D eigenvalue weighted by Gasteiger charge is 2.82. The first kappa shape index (κ1) is 17.4. The van der Waals surface area contributed by atoms with Crippen LogP contribution in [0, 0.1) is 0 Å². The lowest BCUT2D eigenvalue weighted by Gasteiger charge is -2.59. The van der Waals surface area contributed by atoms with Gasteiger partial charge in [-0.1, -0.05) is 6.07 Å². The molecule has 1 spiro atoms. The number of hydrogen-bond donors (Lipinski definition) is 1. The number of hydrogen-bond acceptors (Lipinski definition) is 7. The van der Waals surface area contributed by atoms with Crippen LogP contribution >= 0.6 is 0 Å². The van der Waals surface area contributed by atoms with Crippen LogP contribution in [0.4, 0.5) is 0 Å². The van der Waals surface area contributed by atoms with E-state index < -0.39 is 22.8 Å². The molecule has 5 atom stereocenters. The number of carbonyl (C=O) groups excluding carboxylic acids is 1. The van der Waals surface area contributed by atoms with Gasteiger partial charge < -0.3 is 24.1 Å². The third kappa shape index (κ3) is 1.59. The number of phenolic OH excluding ortho intramolecular Hbond substituents is 1. The van der Waals surface area contributed by atoms with Crippen LogP contribution in [-0.4, -0.2) is 68.1 Å². The minimum absolute atomic E-state index is 0.0546. The fraction of sp³-hybridized carbons (Fsp3) is 0.650. The zero-order valence-electron chi connectivity index (χ0n) is 16.1. The molecule has 1 saturated carbocycles. The molecule has 1 N–H and O–H groups in total. The maximum atomic E-state index is 13.2. The molecule has 2 heterocycles. The van der Waals surface area contributed by atoms with E-state index in [1.165, 1.54) is 14.2 Å². The number of methoxy groups -OCH3 is 3. The average Bonchev–Trinajstić information content (AvgIpc) is 3.15. The second kappa shape index (κ2) is 5.23. The number of Topliss-reactive ketones (excluding diaryl/α,β-unsaturated/α-hetero) is 1. The molecule has 0 aromatic heterocycles. The van der Waals surface area contributed by atoms with Crippen LogP contribution < -0.4 is 4.74 Å². The van der Waals surface area contributed by atoms with Crippen LogP contribution in [0.25, 0.3) is 0 Å². The van der Waals surface area contributed by atoms with E-state index in [0.717, 1.165) is 24.1 Å². The molecule has 2 bridgehead atoms. The lowest BCUT2D eigenvalue weighted by Crippen LogP contribution is -2.76. The quantitative estimate of drug-likeness (QED) is 0.858. The maximum absolute atomic E-state index is 13.2. The van der Waals surface area contributed by atoms with Gasteiger partial charge in [0.05, 0.1) is 18.8 Å².